The number of aryl methyl sites for hydroxylation is 1. The molecule has 3 rings (SSSR count). The van der Waals surface area contributed by atoms with Crippen LogP contribution in [-0.2, 0) is 0 Å². The Balaban J connectivity index is 1.96. The second-order valence-corrected chi connectivity index (χ2v) is 3.83. The summed E-state index contributed by atoms with van der Waals surface area (Å²) in [5, 5.41) is 7.80. The van der Waals surface area contributed by atoms with Gasteiger partial charge in [0.1, 0.15) is 11.6 Å². The Morgan fingerprint density at radius 3 is 2.28 bits per heavy atom. The number of halogens is 1. The van der Waals surface area contributed by atoms with Gasteiger partial charge in [0.05, 0.1) is 0 Å². The molecule has 2 heterocycles. The molecule has 0 spiro atoms. The van der Waals surface area contributed by atoms with Crippen molar-refractivity contribution in [2.45, 2.75) is 6.92 Å². The van der Waals surface area contributed by atoms with E-state index >= 15 is 0 Å². The van der Waals surface area contributed by atoms with Gasteiger partial charge in [-0.1, -0.05) is 0 Å². The molecule has 0 saturated carbocycles. The molecule has 0 radical (unpaired) electrons. The minimum Gasteiger partial charge on any atom is -0.456 e. The molecule has 0 atom stereocenters. The highest BCUT2D eigenvalue weighted by atomic mass is 19.1. The zero-order valence-corrected chi connectivity index (χ0v) is 9.55. The molecule has 3 aromatic rings. The Bertz CT molecular complexity index is 670. The predicted octanol–water partition coefficient (Wildman–Crippen LogP) is 3.44. The van der Waals surface area contributed by atoms with E-state index in [0.29, 0.717) is 23.1 Å². The second-order valence-electron chi connectivity index (χ2n) is 3.83. The molecule has 0 bridgehead atoms. The topological polar surface area (TPSA) is 52.1 Å². The van der Waals surface area contributed by atoms with E-state index < -0.39 is 0 Å². The van der Waals surface area contributed by atoms with Gasteiger partial charge in [0.15, 0.2) is 5.76 Å². The third kappa shape index (κ3) is 1.90. The molecule has 90 valence electrons. The highest BCUT2D eigenvalue weighted by Crippen LogP contribution is 2.25. The fourth-order valence-electron chi connectivity index (χ4n) is 1.58. The molecule has 0 unspecified atom stereocenters. The van der Waals surface area contributed by atoms with Gasteiger partial charge in [-0.15, -0.1) is 10.2 Å². The standard InChI is InChI=1S/C13H9FN2O2/c1-8-2-7-11(17-8)13-16-15-12(18-13)9-3-5-10(14)6-4-9/h2-7H,1H3. The zero-order chi connectivity index (χ0) is 12.5. The molecule has 2 aromatic heterocycles. The first kappa shape index (κ1) is 10.7. The first-order chi connectivity index (χ1) is 8.72. The number of hydrogen-bond acceptors (Lipinski definition) is 4. The summed E-state index contributed by atoms with van der Waals surface area (Å²) in [6.07, 6.45) is 0. The van der Waals surface area contributed by atoms with Gasteiger partial charge in [0.2, 0.25) is 5.89 Å². The summed E-state index contributed by atoms with van der Waals surface area (Å²) in [5.41, 5.74) is 0.665. The van der Waals surface area contributed by atoms with Crippen LogP contribution in [-0.4, -0.2) is 10.2 Å². The molecule has 0 aliphatic rings. The lowest BCUT2D eigenvalue weighted by Crippen LogP contribution is -1.78. The van der Waals surface area contributed by atoms with Gasteiger partial charge in [0.25, 0.3) is 5.89 Å². The fourth-order valence-corrected chi connectivity index (χ4v) is 1.58. The minimum atomic E-state index is -0.305. The maximum Gasteiger partial charge on any atom is 0.283 e. The summed E-state index contributed by atoms with van der Waals surface area (Å²) in [7, 11) is 0. The van der Waals surface area contributed by atoms with Crippen molar-refractivity contribution in [3.8, 4) is 23.1 Å². The summed E-state index contributed by atoms with van der Waals surface area (Å²) >= 11 is 0. The highest BCUT2D eigenvalue weighted by molar-refractivity contribution is 5.54. The van der Waals surface area contributed by atoms with Crippen LogP contribution in [0.4, 0.5) is 4.39 Å². The third-order valence-electron chi connectivity index (χ3n) is 2.47. The molecule has 0 saturated heterocycles. The van der Waals surface area contributed by atoms with Crippen molar-refractivity contribution < 1.29 is 13.2 Å². The van der Waals surface area contributed by atoms with Gasteiger partial charge in [-0.2, -0.15) is 0 Å². The zero-order valence-electron chi connectivity index (χ0n) is 9.55. The number of rotatable bonds is 2. The van der Waals surface area contributed by atoms with E-state index in [4.69, 9.17) is 8.83 Å². The molecule has 0 amide bonds. The molecule has 5 heteroatoms. The average molecular weight is 244 g/mol. The summed E-state index contributed by atoms with van der Waals surface area (Å²) in [5.74, 6) is 1.63. The van der Waals surface area contributed by atoms with E-state index in [1.807, 2.05) is 13.0 Å². The average Bonchev–Trinajstić information content (AvgIpc) is 2.98. The van der Waals surface area contributed by atoms with Crippen LogP contribution in [0.25, 0.3) is 23.1 Å². The quantitative estimate of drug-likeness (QED) is 0.692. The molecule has 1 aromatic carbocycles. The van der Waals surface area contributed by atoms with E-state index in [2.05, 4.69) is 10.2 Å². The van der Waals surface area contributed by atoms with Crippen LogP contribution < -0.4 is 0 Å². The Labute approximate surface area is 102 Å². The van der Waals surface area contributed by atoms with Gasteiger partial charge in [-0.3, -0.25) is 0 Å². The van der Waals surface area contributed by atoms with Gasteiger partial charge in [-0.25, -0.2) is 4.39 Å². The Hall–Kier alpha value is -2.43. The van der Waals surface area contributed by atoms with E-state index in [1.165, 1.54) is 12.1 Å². The van der Waals surface area contributed by atoms with Crippen molar-refractivity contribution in [2.24, 2.45) is 0 Å². The van der Waals surface area contributed by atoms with Crippen molar-refractivity contribution in [3.05, 3.63) is 48.0 Å². The maximum atomic E-state index is 12.8. The third-order valence-corrected chi connectivity index (χ3v) is 2.47. The molecule has 0 N–H and O–H groups in total. The molecular formula is C13H9FN2O2. The molecule has 18 heavy (non-hydrogen) atoms. The summed E-state index contributed by atoms with van der Waals surface area (Å²) in [6, 6.07) is 9.43. The highest BCUT2D eigenvalue weighted by Gasteiger charge is 2.13. The largest absolute Gasteiger partial charge is 0.456 e. The SMILES string of the molecule is Cc1ccc(-c2nnc(-c3ccc(F)cc3)o2)o1. The van der Waals surface area contributed by atoms with Gasteiger partial charge < -0.3 is 8.83 Å². The number of furan rings is 1. The van der Waals surface area contributed by atoms with Crippen molar-refractivity contribution in [1.82, 2.24) is 10.2 Å². The monoisotopic (exact) mass is 244 g/mol. The first-order valence-corrected chi connectivity index (χ1v) is 5.38. The van der Waals surface area contributed by atoms with Crippen molar-refractivity contribution in [2.75, 3.05) is 0 Å². The lowest BCUT2D eigenvalue weighted by molar-refractivity contribution is 0.505. The molecule has 0 aliphatic heterocycles. The molecule has 0 fully saturated rings. The second kappa shape index (κ2) is 4.10. The van der Waals surface area contributed by atoms with Crippen molar-refractivity contribution in [1.29, 1.82) is 0 Å². The summed E-state index contributed by atoms with van der Waals surface area (Å²) in [6.45, 7) is 1.83. The Morgan fingerprint density at radius 1 is 0.889 bits per heavy atom. The molecular weight excluding hydrogens is 235 g/mol. The van der Waals surface area contributed by atoms with E-state index in [0.717, 1.165) is 5.76 Å². The molecule has 4 nitrogen and oxygen atoms in total. The Morgan fingerprint density at radius 2 is 1.61 bits per heavy atom. The normalized spacial score (nSPS) is 10.8. The lowest BCUT2D eigenvalue weighted by Gasteiger charge is -1.93. The molecule has 0 aliphatic carbocycles. The summed E-state index contributed by atoms with van der Waals surface area (Å²) < 4.78 is 23.6. The van der Waals surface area contributed by atoms with Crippen LogP contribution in [0.15, 0.2) is 45.2 Å². The number of hydrogen-bond donors (Lipinski definition) is 0. The van der Waals surface area contributed by atoms with Crippen LogP contribution in [0.5, 0.6) is 0 Å². The number of benzene rings is 1. The van der Waals surface area contributed by atoms with E-state index in [9.17, 15) is 4.39 Å². The van der Waals surface area contributed by atoms with Crippen LogP contribution in [0, 0.1) is 12.7 Å². The van der Waals surface area contributed by atoms with E-state index in [1.54, 1.807) is 18.2 Å². The number of nitrogens with zero attached hydrogens (tertiary/aromatic N) is 2. The fraction of sp³-hybridized carbons (Fsp3) is 0.0769. The van der Waals surface area contributed by atoms with Crippen LogP contribution >= 0.6 is 0 Å². The predicted molar refractivity (Wildman–Crippen MR) is 62.1 cm³/mol. The maximum absolute atomic E-state index is 12.8. The smallest absolute Gasteiger partial charge is 0.283 e. The van der Waals surface area contributed by atoms with Gasteiger partial charge >= 0.3 is 0 Å². The van der Waals surface area contributed by atoms with Crippen LogP contribution in [0.3, 0.4) is 0 Å². The van der Waals surface area contributed by atoms with Gasteiger partial charge in [-0.05, 0) is 43.3 Å². The van der Waals surface area contributed by atoms with E-state index in [-0.39, 0.29) is 5.82 Å². The van der Waals surface area contributed by atoms with Crippen molar-refractivity contribution >= 4 is 0 Å². The van der Waals surface area contributed by atoms with Crippen LogP contribution in [0.1, 0.15) is 5.76 Å². The van der Waals surface area contributed by atoms with Gasteiger partial charge in [0, 0.05) is 5.56 Å². The van der Waals surface area contributed by atoms with Crippen molar-refractivity contribution in [3.63, 3.8) is 0 Å². The first-order valence-electron chi connectivity index (χ1n) is 5.38. The lowest BCUT2D eigenvalue weighted by atomic mass is 10.2. The minimum absolute atomic E-state index is 0.305. The van der Waals surface area contributed by atoms with Crippen LogP contribution in [0.2, 0.25) is 0 Å². The summed E-state index contributed by atoms with van der Waals surface area (Å²) in [4.78, 5) is 0. The Kier molecular flexibility index (Phi) is 2.44. The number of aromatic nitrogens is 2.